The van der Waals surface area contributed by atoms with Crippen molar-refractivity contribution in [2.24, 2.45) is 0 Å². The summed E-state index contributed by atoms with van der Waals surface area (Å²) < 4.78 is 47.6. The van der Waals surface area contributed by atoms with Gasteiger partial charge in [-0.3, -0.25) is 9.78 Å². The summed E-state index contributed by atoms with van der Waals surface area (Å²) in [5.74, 6) is -2.57. The Labute approximate surface area is 139 Å². The minimum Gasteiger partial charge on any atom is -0.494 e. The fourth-order valence-corrected chi connectivity index (χ4v) is 2.13. The number of nitrogens with one attached hydrogen (secondary N) is 1. The van der Waals surface area contributed by atoms with E-state index < -0.39 is 42.7 Å². The number of amides is 1. The number of anilines is 1. The number of halogens is 3. The van der Waals surface area contributed by atoms with Crippen LogP contribution in [-0.2, 0) is 9.53 Å². The summed E-state index contributed by atoms with van der Waals surface area (Å²) in [6.07, 6.45) is -6.92. The molecular weight excluding hydrogens is 349 g/mol. The molecule has 1 fully saturated rings. The second-order valence-electron chi connectivity index (χ2n) is 5.05. The summed E-state index contributed by atoms with van der Waals surface area (Å²) in [5.41, 5.74) is -0.589. The Balaban J connectivity index is 2.42. The maximum Gasteiger partial charge on any atom is 0.471 e. The van der Waals surface area contributed by atoms with Crippen LogP contribution >= 0.6 is 0 Å². The minimum absolute atomic E-state index is 0.105. The van der Waals surface area contributed by atoms with Gasteiger partial charge in [-0.05, 0) is 0 Å². The molecule has 2 rings (SSSR count). The molecule has 2 heterocycles. The van der Waals surface area contributed by atoms with E-state index in [4.69, 9.17) is 14.6 Å². The lowest BCUT2D eigenvalue weighted by Crippen LogP contribution is -2.31. The second-order valence-corrected chi connectivity index (χ2v) is 5.05. The Morgan fingerprint density at radius 1 is 1.48 bits per heavy atom. The number of hydrogen-bond donors (Lipinski definition) is 4. The molecule has 25 heavy (non-hydrogen) atoms. The molecule has 0 unspecified atom stereocenters. The first-order valence-electron chi connectivity index (χ1n) is 6.95. The lowest BCUT2D eigenvalue weighted by molar-refractivity contribution is -0.167. The molecule has 4 N–H and O–H groups in total. The van der Waals surface area contributed by atoms with Gasteiger partial charge in [-0.25, -0.2) is 0 Å². The molecule has 0 spiro atoms. The first-order chi connectivity index (χ1) is 11.7. The third-order valence-electron chi connectivity index (χ3n) is 3.40. The van der Waals surface area contributed by atoms with Crippen molar-refractivity contribution in [2.45, 2.75) is 24.5 Å². The number of ether oxygens (including phenoxy) is 2. The molecule has 0 saturated carbocycles. The van der Waals surface area contributed by atoms with E-state index in [1.807, 2.05) is 0 Å². The van der Waals surface area contributed by atoms with Gasteiger partial charge >= 0.3 is 12.1 Å². The third-order valence-corrected chi connectivity index (χ3v) is 3.40. The smallest absolute Gasteiger partial charge is 0.471 e. The largest absolute Gasteiger partial charge is 0.494 e. The molecule has 0 radical (unpaired) electrons. The maximum absolute atomic E-state index is 12.5. The highest BCUT2D eigenvalue weighted by Crippen LogP contribution is 2.33. The van der Waals surface area contributed by atoms with Crippen molar-refractivity contribution in [3.05, 3.63) is 23.7 Å². The average Bonchev–Trinajstić information content (AvgIpc) is 2.83. The molecule has 1 saturated heterocycles. The molecule has 8 nitrogen and oxygen atoms in total. The summed E-state index contributed by atoms with van der Waals surface area (Å²) in [6.45, 7) is -0.585. The Morgan fingerprint density at radius 2 is 2.16 bits per heavy atom. The van der Waals surface area contributed by atoms with Crippen molar-refractivity contribution >= 4 is 17.7 Å². The number of hydrogen-bond acceptors (Lipinski definition) is 7. The Hall–Kier alpha value is -2.37. The first-order valence-corrected chi connectivity index (χ1v) is 6.95. The van der Waals surface area contributed by atoms with Crippen LogP contribution < -0.4 is 10.1 Å². The van der Waals surface area contributed by atoms with Crippen LogP contribution in [0.3, 0.4) is 0 Å². The molecule has 1 amide bonds. The van der Waals surface area contributed by atoms with E-state index in [1.54, 1.807) is 5.32 Å². The topological polar surface area (TPSA) is 121 Å². The van der Waals surface area contributed by atoms with E-state index >= 15 is 0 Å². The number of methoxy groups -OCH3 is 1. The number of carbonyl (C=O) groups is 1. The highest BCUT2D eigenvalue weighted by atomic mass is 19.4. The molecule has 1 aliphatic rings. The normalized spacial score (nSPS) is 24.9. The van der Waals surface area contributed by atoms with Crippen LogP contribution in [0.25, 0.3) is 6.08 Å². The Bertz CT molecular complexity index is 679. The maximum atomic E-state index is 12.5. The van der Waals surface area contributed by atoms with Gasteiger partial charge in [0.2, 0.25) is 0 Å². The van der Waals surface area contributed by atoms with Gasteiger partial charge in [-0.1, -0.05) is 0 Å². The van der Waals surface area contributed by atoms with E-state index in [9.17, 15) is 28.2 Å². The molecule has 0 aliphatic carbocycles. The van der Waals surface area contributed by atoms with Crippen molar-refractivity contribution in [3.63, 3.8) is 0 Å². The zero-order valence-corrected chi connectivity index (χ0v) is 12.8. The van der Waals surface area contributed by atoms with Crippen LogP contribution in [-0.4, -0.2) is 64.4 Å². The fourth-order valence-electron chi connectivity index (χ4n) is 2.13. The van der Waals surface area contributed by atoms with Crippen LogP contribution in [0.2, 0.25) is 0 Å². The molecule has 138 valence electrons. The van der Waals surface area contributed by atoms with E-state index in [-0.39, 0.29) is 17.2 Å². The monoisotopic (exact) mass is 364 g/mol. The van der Waals surface area contributed by atoms with Gasteiger partial charge in [-0.2, -0.15) is 13.2 Å². The van der Waals surface area contributed by atoms with Gasteiger partial charge in [0, 0.05) is 18.3 Å². The highest BCUT2D eigenvalue weighted by molar-refractivity contribution is 5.97. The Morgan fingerprint density at radius 3 is 2.68 bits per heavy atom. The molecule has 0 bridgehead atoms. The number of carbonyl (C=O) groups excluding carboxylic acids is 1. The van der Waals surface area contributed by atoms with Crippen LogP contribution in [0, 0.1) is 0 Å². The lowest BCUT2D eigenvalue weighted by atomic mass is 10.1. The summed E-state index contributed by atoms with van der Waals surface area (Å²) in [5, 5.41) is 30.2. The third kappa shape index (κ3) is 4.00. The van der Waals surface area contributed by atoms with E-state index in [2.05, 4.69) is 4.98 Å². The van der Waals surface area contributed by atoms with Crippen molar-refractivity contribution in [2.75, 3.05) is 19.0 Å². The van der Waals surface area contributed by atoms with E-state index in [1.165, 1.54) is 19.4 Å². The number of pyridine rings is 1. The van der Waals surface area contributed by atoms with Gasteiger partial charge in [0.25, 0.3) is 0 Å². The van der Waals surface area contributed by atoms with Gasteiger partial charge in [0.05, 0.1) is 19.4 Å². The zero-order chi connectivity index (χ0) is 18.8. The second kappa shape index (κ2) is 7.25. The van der Waals surface area contributed by atoms with E-state index in [0.29, 0.717) is 0 Å². The molecule has 1 aromatic rings. The number of aromatic nitrogens is 1. The summed E-state index contributed by atoms with van der Waals surface area (Å²) >= 11 is 0. The van der Waals surface area contributed by atoms with Crippen LogP contribution in [0.15, 0.2) is 18.0 Å². The molecule has 3 atom stereocenters. The zero-order valence-electron chi connectivity index (χ0n) is 12.8. The number of rotatable bonds is 4. The van der Waals surface area contributed by atoms with Crippen LogP contribution in [0.1, 0.15) is 5.69 Å². The summed E-state index contributed by atoms with van der Waals surface area (Å²) in [4.78, 5) is 15.0. The van der Waals surface area contributed by atoms with Crippen molar-refractivity contribution in [1.29, 1.82) is 0 Å². The van der Waals surface area contributed by atoms with Crippen molar-refractivity contribution in [3.8, 4) is 5.75 Å². The van der Waals surface area contributed by atoms with Gasteiger partial charge in [0.15, 0.2) is 6.10 Å². The lowest BCUT2D eigenvalue weighted by Gasteiger charge is -2.14. The van der Waals surface area contributed by atoms with Gasteiger partial charge in [-0.15, -0.1) is 0 Å². The SMILES string of the molecule is COc1ccnc(/C=C2\O[C@H](CO)[C@@H](O)[C@H]2O)c1NC(=O)C(F)(F)F. The Kier molecular flexibility index (Phi) is 5.50. The number of nitrogens with zero attached hydrogens (tertiary/aromatic N) is 1. The first kappa shape index (κ1) is 19.0. The molecule has 11 heteroatoms. The average molecular weight is 364 g/mol. The van der Waals surface area contributed by atoms with Crippen LogP contribution in [0.5, 0.6) is 5.75 Å². The summed E-state index contributed by atoms with van der Waals surface area (Å²) in [6, 6.07) is 1.23. The summed E-state index contributed by atoms with van der Waals surface area (Å²) in [7, 11) is 1.18. The van der Waals surface area contributed by atoms with Crippen molar-refractivity contribution in [1.82, 2.24) is 4.98 Å². The standard InChI is InChI=1S/C14H15F3N2O6/c1-24-7-2-3-18-6(10(7)19-13(23)14(15,16)17)4-8-11(21)12(22)9(5-20)25-8/h2-4,9,11-12,20-22H,5H2,1H3,(H,19,23)/b8-4-/t9-,11+,12-/m1/s1. The highest BCUT2D eigenvalue weighted by Gasteiger charge is 2.41. The van der Waals surface area contributed by atoms with Crippen molar-refractivity contribution < 1.29 is 42.8 Å². The predicted molar refractivity (Wildman–Crippen MR) is 77.4 cm³/mol. The molecule has 1 aromatic heterocycles. The fraction of sp³-hybridized carbons (Fsp3) is 0.429. The molecular formula is C14H15F3N2O6. The number of aliphatic hydroxyl groups is 3. The van der Waals surface area contributed by atoms with Crippen LogP contribution in [0.4, 0.5) is 18.9 Å². The van der Waals surface area contributed by atoms with Gasteiger partial charge < -0.3 is 30.1 Å². The predicted octanol–water partition coefficient (Wildman–Crippen LogP) is 0.0448. The quantitative estimate of drug-likeness (QED) is 0.595. The minimum atomic E-state index is -5.13. The number of aliphatic hydroxyl groups excluding tert-OH is 3. The van der Waals surface area contributed by atoms with E-state index in [0.717, 1.165) is 6.08 Å². The molecule has 1 aliphatic heterocycles. The molecule has 0 aromatic carbocycles. The number of alkyl halides is 3. The van der Waals surface area contributed by atoms with Gasteiger partial charge in [0.1, 0.15) is 29.4 Å².